The lowest BCUT2D eigenvalue weighted by Gasteiger charge is -2.14. The van der Waals surface area contributed by atoms with E-state index in [2.05, 4.69) is 11.2 Å². The Bertz CT molecular complexity index is 583. The summed E-state index contributed by atoms with van der Waals surface area (Å²) in [6, 6.07) is 6.13. The van der Waals surface area contributed by atoms with Gasteiger partial charge in [0.1, 0.15) is 5.84 Å². The van der Waals surface area contributed by atoms with Gasteiger partial charge in [-0.2, -0.15) is 5.10 Å². The van der Waals surface area contributed by atoms with Crippen LogP contribution in [-0.4, -0.2) is 15.6 Å². The second-order valence-corrected chi connectivity index (χ2v) is 4.50. The average Bonchev–Trinajstić information content (AvgIpc) is 3.00. The third kappa shape index (κ3) is 1.52. The largest absolute Gasteiger partial charge is 0.387 e. The monoisotopic (exact) mass is 250 g/mol. The molecule has 0 aliphatic heterocycles. The molecule has 1 aliphatic rings. The highest BCUT2D eigenvalue weighted by atomic mass is 35.5. The van der Waals surface area contributed by atoms with Crippen LogP contribution in [0.3, 0.4) is 0 Å². The van der Waals surface area contributed by atoms with Gasteiger partial charge >= 0.3 is 0 Å². The minimum atomic E-state index is -0.206. The maximum Gasteiger partial charge on any atom is 0.101 e. The van der Waals surface area contributed by atoms with Crippen LogP contribution in [0.15, 0.2) is 24.4 Å². The van der Waals surface area contributed by atoms with Crippen LogP contribution in [0, 0.1) is 5.41 Å². The van der Waals surface area contributed by atoms with Gasteiger partial charge in [0.25, 0.3) is 0 Å². The van der Waals surface area contributed by atoms with Crippen molar-refractivity contribution in [3.8, 4) is 0 Å². The van der Waals surface area contributed by atoms with Gasteiger partial charge in [-0.05, 0) is 24.5 Å². The Hall–Kier alpha value is -1.55. The molecule has 0 atom stereocenters. The van der Waals surface area contributed by atoms with E-state index < -0.39 is 0 Å². The normalized spacial score (nSPS) is 16.5. The van der Waals surface area contributed by atoms with Crippen molar-refractivity contribution in [2.45, 2.75) is 18.3 Å². The molecule has 0 amide bonds. The maximum absolute atomic E-state index is 7.73. The van der Waals surface area contributed by atoms with E-state index in [0.29, 0.717) is 0 Å². The van der Waals surface area contributed by atoms with Crippen molar-refractivity contribution in [3.05, 3.63) is 30.0 Å². The maximum atomic E-state index is 7.73. The van der Waals surface area contributed by atoms with Gasteiger partial charge in [-0.3, -0.25) is 10.1 Å². The molecule has 1 saturated carbocycles. The Morgan fingerprint density at radius 3 is 2.76 bits per heavy atom. The number of rotatable bonds is 2. The van der Waals surface area contributed by atoms with Gasteiger partial charge in [-0.1, -0.05) is 12.1 Å². The van der Waals surface area contributed by atoms with E-state index in [9.17, 15) is 0 Å². The number of benzene rings is 1. The van der Waals surface area contributed by atoms with E-state index in [4.69, 9.17) is 11.1 Å². The molecule has 5 heteroatoms. The quantitative estimate of drug-likeness (QED) is 0.632. The lowest BCUT2D eigenvalue weighted by Crippen LogP contribution is -2.27. The highest BCUT2D eigenvalue weighted by Crippen LogP contribution is 2.50. The SMILES string of the molecule is Cl.Cn1ncc2c(C3(C(=N)N)CC3)cccc21. The summed E-state index contributed by atoms with van der Waals surface area (Å²) < 4.78 is 1.86. The zero-order valence-electron chi connectivity index (χ0n) is 9.60. The van der Waals surface area contributed by atoms with E-state index in [1.165, 1.54) is 0 Å². The molecule has 1 aromatic heterocycles. The molecule has 90 valence electrons. The van der Waals surface area contributed by atoms with Crippen LogP contribution < -0.4 is 5.73 Å². The molecule has 1 aliphatic carbocycles. The summed E-state index contributed by atoms with van der Waals surface area (Å²) in [7, 11) is 1.93. The van der Waals surface area contributed by atoms with Gasteiger partial charge in [0.05, 0.1) is 17.1 Å². The summed E-state index contributed by atoms with van der Waals surface area (Å²) >= 11 is 0. The van der Waals surface area contributed by atoms with Crippen molar-refractivity contribution in [2.75, 3.05) is 0 Å². The molecular formula is C12H15ClN4. The summed E-state index contributed by atoms with van der Waals surface area (Å²) in [6.07, 6.45) is 3.83. The van der Waals surface area contributed by atoms with E-state index in [1.807, 2.05) is 30.1 Å². The van der Waals surface area contributed by atoms with Crippen LogP contribution in [0.25, 0.3) is 10.9 Å². The molecule has 1 heterocycles. The van der Waals surface area contributed by atoms with E-state index in [-0.39, 0.29) is 23.7 Å². The van der Waals surface area contributed by atoms with Crippen molar-refractivity contribution in [2.24, 2.45) is 12.8 Å². The first-order valence-electron chi connectivity index (χ1n) is 5.41. The number of fused-ring (bicyclic) bond motifs is 1. The lowest BCUT2D eigenvalue weighted by molar-refractivity contribution is 0.797. The molecule has 1 aromatic carbocycles. The van der Waals surface area contributed by atoms with Gasteiger partial charge < -0.3 is 5.73 Å². The summed E-state index contributed by atoms with van der Waals surface area (Å²) in [5.74, 6) is 0.281. The molecule has 2 aromatic rings. The molecule has 0 radical (unpaired) electrons. The molecule has 17 heavy (non-hydrogen) atoms. The Balaban J connectivity index is 0.00000108. The fourth-order valence-corrected chi connectivity index (χ4v) is 2.40. The molecule has 1 fully saturated rings. The highest BCUT2D eigenvalue weighted by Gasteiger charge is 2.48. The smallest absolute Gasteiger partial charge is 0.101 e. The van der Waals surface area contributed by atoms with Crippen molar-refractivity contribution in [3.63, 3.8) is 0 Å². The average molecular weight is 251 g/mol. The Labute approximate surface area is 106 Å². The van der Waals surface area contributed by atoms with Gasteiger partial charge in [0.15, 0.2) is 0 Å². The van der Waals surface area contributed by atoms with E-state index in [1.54, 1.807) is 0 Å². The Kier molecular flexibility index (Phi) is 2.62. The lowest BCUT2D eigenvalue weighted by atomic mass is 9.92. The highest BCUT2D eigenvalue weighted by molar-refractivity contribution is 5.97. The minimum Gasteiger partial charge on any atom is -0.387 e. The van der Waals surface area contributed by atoms with Crippen LogP contribution in [-0.2, 0) is 12.5 Å². The first-order valence-corrected chi connectivity index (χ1v) is 5.41. The molecule has 3 N–H and O–H groups in total. The van der Waals surface area contributed by atoms with Crippen molar-refractivity contribution >= 4 is 29.1 Å². The summed E-state index contributed by atoms with van der Waals surface area (Å²) in [4.78, 5) is 0. The minimum absolute atomic E-state index is 0. The van der Waals surface area contributed by atoms with Crippen molar-refractivity contribution < 1.29 is 0 Å². The van der Waals surface area contributed by atoms with Crippen LogP contribution in [0.1, 0.15) is 18.4 Å². The third-order valence-corrected chi connectivity index (χ3v) is 3.57. The summed E-state index contributed by atoms with van der Waals surface area (Å²) in [5.41, 5.74) is 7.77. The van der Waals surface area contributed by atoms with Crippen molar-refractivity contribution in [1.82, 2.24) is 9.78 Å². The second-order valence-electron chi connectivity index (χ2n) is 4.50. The fraction of sp³-hybridized carbons (Fsp3) is 0.333. The number of aryl methyl sites for hydroxylation is 1. The number of hydrogen-bond acceptors (Lipinski definition) is 2. The topological polar surface area (TPSA) is 67.7 Å². The standard InChI is InChI=1S/C12H14N4.ClH/c1-16-10-4-2-3-9(8(10)7-15-16)12(5-6-12)11(13)14;/h2-4,7H,5-6H2,1H3,(H3,13,14);1H. The van der Waals surface area contributed by atoms with Crippen LogP contribution >= 0.6 is 12.4 Å². The zero-order chi connectivity index (χ0) is 11.3. The predicted molar refractivity (Wildman–Crippen MR) is 70.8 cm³/mol. The summed E-state index contributed by atoms with van der Waals surface area (Å²) in [6.45, 7) is 0. The van der Waals surface area contributed by atoms with Crippen LogP contribution in [0.4, 0.5) is 0 Å². The molecule has 0 unspecified atom stereocenters. The number of nitrogens with one attached hydrogen (secondary N) is 1. The predicted octanol–water partition coefficient (Wildman–Crippen LogP) is 1.96. The van der Waals surface area contributed by atoms with Gasteiger partial charge in [-0.25, -0.2) is 0 Å². The van der Waals surface area contributed by atoms with Crippen LogP contribution in [0.2, 0.25) is 0 Å². The first-order chi connectivity index (χ1) is 7.65. The Morgan fingerprint density at radius 2 is 2.18 bits per heavy atom. The number of nitrogens with two attached hydrogens (primary N) is 1. The van der Waals surface area contributed by atoms with Gasteiger partial charge in [-0.15, -0.1) is 12.4 Å². The fourth-order valence-electron chi connectivity index (χ4n) is 2.40. The van der Waals surface area contributed by atoms with Gasteiger partial charge in [0, 0.05) is 12.4 Å². The number of halogens is 1. The van der Waals surface area contributed by atoms with Crippen molar-refractivity contribution in [1.29, 1.82) is 5.41 Å². The zero-order valence-corrected chi connectivity index (χ0v) is 10.4. The van der Waals surface area contributed by atoms with E-state index >= 15 is 0 Å². The molecular weight excluding hydrogens is 236 g/mol. The molecule has 0 bridgehead atoms. The number of hydrogen-bond donors (Lipinski definition) is 2. The van der Waals surface area contributed by atoms with Crippen LogP contribution in [0.5, 0.6) is 0 Å². The third-order valence-electron chi connectivity index (χ3n) is 3.57. The van der Waals surface area contributed by atoms with E-state index in [0.717, 1.165) is 29.3 Å². The second kappa shape index (κ2) is 3.74. The molecule has 0 spiro atoms. The van der Waals surface area contributed by atoms with Gasteiger partial charge in [0.2, 0.25) is 0 Å². The summed E-state index contributed by atoms with van der Waals surface area (Å²) in [5, 5.41) is 13.1. The number of amidine groups is 1. The molecule has 4 nitrogen and oxygen atoms in total. The molecule has 0 saturated heterocycles. The molecule has 3 rings (SSSR count). The number of nitrogens with zero attached hydrogens (tertiary/aromatic N) is 2. The Morgan fingerprint density at radius 1 is 1.47 bits per heavy atom. The first kappa shape index (κ1) is 11.9. The number of aromatic nitrogens is 2.